The Bertz CT molecular complexity index is 530. The van der Waals surface area contributed by atoms with Gasteiger partial charge in [0.1, 0.15) is 11.0 Å². The van der Waals surface area contributed by atoms with E-state index >= 15 is 0 Å². The van der Waals surface area contributed by atoms with Crippen molar-refractivity contribution in [2.24, 2.45) is 0 Å². The molecule has 2 rings (SSSR count). The van der Waals surface area contributed by atoms with Gasteiger partial charge in [0.05, 0.1) is 0 Å². The number of benzene rings is 1. The first-order valence-corrected chi connectivity index (χ1v) is 6.06. The van der Waals surface area contributed by atoms with Crippen LogP contribution in [0.4, 0.5) is 0 Å². The Labute approximate surface area is 111 Å². The Morgan fingerprint density at radius 3 is 2.53 bits per heavy atom. The van der Waals surface area contributed by atoms with Crippen molar-refractivity contribution >= 4 is 23.2 Å². The van der Waals surface area contributed by atoms with E-state index in [9.17, 15) is 0 Å². The normalized spacial score (nSPS) is 10.6. The summed E-state index contributed by atoms with van der Waals surface area (Å²) in [5.41, 5.74) is 2.98. The van der Waals surface area contributed by atoms with Crippen LogP contribution in [0.2, 0.25) is 10.2 Å². The monoisotopic (exact) mass is 266 g/mol. The SMILES string of the molecule is Cc1nc(C)c(Cc2cccc(Cl)c2)c(Cl)n1. The third-order valence-electron chi connectivity index (χ3n) is 2.55. The molecule has 2 nitrogen and oxygen atoms in total. The number of rotatable bonds is 2. The van der Waals surface area contributed by atoms with E-state index < -0.39 is 0 Å². The van der Waals surface area contributed by atoms with E-state index in [0.29, 0.717) is 17.4 Å². The van der Waals surface area contributed by atoms with E-state index in [4.69, 9.17) is 23.2 Å². The maximum Gasteiger partial charge on any atom is 0.136 e. The molecule has 0 radical (unpaired) electrons. The maximum atomic E-state index is 6.14. The minimum atomic E-state index is 0.523. The molecule has 1 aromatic carbocycles. The number of aromatic nitrogens is 2. The van der Waals surface area contributed by atoms with E-state index in [-0.39, 0.29) is 0 Å². The summed E-state index contributed by atoms with van der Waals surface area (Å²) in [6, 6.07) is 7.72. The molecule has 1 heterocycles. The second-order valence-electron chi connectivity index (χ2n) is 3.93. The number of halogens is 2. The molecule has 0 amide bonds. The molecule has 0 saturated heterocycles. The molecule has 0 fully saturated rings. The quantitative estimate of drug-likeness (QED) is 0.769. The highest BCUT2D eigenvalue weighted by molar-refractivity contribution is 6.30. The van der Waals surface area contributed by atoms with Gasteiger partial charge in [0.15, 0.2) is 0 Å². The van der Waals surface area contributed by atoms with Gasteiger partial charge in [0.2, 0.25) is 0 Å². The number of hydrogen-bond acceptors (Lipinski definition) is 2. The highest BCUT2D eigenvalue weighted by Crippen LogP contribution is 2.21. The van der Waals surface area contributed by atoms with Gasteiger partial charge in [-0.25, -0.2) is 9.97 Å². The van der Waals surface area contributed by atoms with Crippen molar-refractivity contribution in [3.8, 4) is 0 Å². The molecule has 0 spiro atoms. The molecule has 0 aliphatic heterocycles. The van der Waals surface area contributed by atoms with Crippen LogP contribution in [0, 0.1) is 13.8 Å². The van der Waals surface area contributed by atoms with E-state index in [1.807, 2.05) is 38.1 Å². The molecule has 0 N–H and O–H groups in total. The van der Waals surface area contributed by atoms with Crippen molar-refractivity contribution in [2.75, 3.05) is 0 Å². The van der Waals surface area contributed by atoms with Crippen LogP contribution in [0.3, 0.4) is 0 Å². The van der Waals surface area contributed by atoms with Gasteiger partial charge in [0, 0.05) is 22.7 Å². The lowest BCUT2D eigenvalue weighted by Crippen LogP contribution is -2.01. The molecule has 0 bridgehead atoms. The predicted molar refractivity (Wildman–Crippen MR) is 70.8 cm³/mol. The average molecular weight is 267 g/mol. The summed E-state index contributed by atoms with van der Waals surface area (Å²) in [5.74, 6) is 0.697. The highest BCUT2D eigenvalue weighted by atomic mass is 35.5. The van der Waals surface area contributed by atoms with Gasteiger partial charge in [-0.3, -0.25) is 0 Å². The Kier molecular flexibility index (Phi) is 3.65. The molecular weight excluding hydrogens is 255 g/mol. The van der Waals surface area contributed by atoms with E-state index in [0.717, 1.165) is 21.8 Å². The fraction of sp³-hybridized carbons (Fsp3) is 0.231. The number of hydrogen-bond donors (Lipinski definition) is 0. The standard InChI is InChI=1S/C13H12Cl2N2/c1-8-12(13(15)17-9(2)16-8)7-10-4-3-5-11(14)6-10/h3-6H,7H2,1-2H3. The molecular formula is C13H12Cl2N2. The second kappa shape index (κ2) is 5.03. The summed E-state index contributed by atoms with van der Waals surface area (Å²) in [5, 5.41) is 1.25. The van der Waals surface area contributed by atoms with Gasteiger partial charge >= 0.3 is 0 Å². The first kappa shape index (κ1) is 12.3. The first-order chi connectivity index (χ1) is 8.06. The van der Waals surface area contributed by atoms with Crippen LogP contribution in [0.5, 0.6) is 0 Å². The number of nitrogens with zero attached hydrogens (tertiary/aromatic N) is 2. The minimum absolute atomic E-state index is 0.523. The summed E-state index contributed by atoms with van der Waals surface area (Å²) in [7, 11) is 0. The lowest BCUT2D eigenvalue weighted by Gasteiger charge is -2.08. The van der Waals surface area contributed by atoms with Gasteiger partial charge in [-0.05, 0) is 31.5 Å². The van der Waals surface area contributed by atoms with Crippen LogP contribution in [0.25, 0.3) is 0 Å². The molecule has 0 saturated carbocycles. The Balaban J connectivity index is 2.36. The zero-order chi connectivity index (χ0) is 12.4. The van der Waals surface area contributed by atoms with Crippen LogP contribution in [-0.4, -0.2) is 9.97 Å². The largest absolute Gasteiger partial charge is 0.238 e. The Hall–Kier alpha value is -1.12. The zero-order valence-electron chi connectivity index (χ0n) is 9.67. The number of aryl methyl sites for hydroxylation is 2. The zero-order valence-corrected chi connectivity index (χ0v) is 11.2. The third kappa shape index (κ3) is 2.96. The van der Waals surface area contributed by atoms with Gasteiger partial charge in [-0.2, -0.15) is 0 Å². The van der Waals surface area contributed by atoms with Crippen molar-refractivity contribution in [1.29, 1.82) is 0 Å². The van der Waals surface area contributed by atoms with Gasteiger partial charge in [-0.1, -0.05) is 35.3 Å². The summed E-state index contributed by atoms with van der Waals surface area (Å²) < 4.78 is 0. The van der Waals surface area contributed by atoms with Crippen molar-refractivity contribution in [2.45, 2.75) is 20.3 Å². The molecule has 0 aliphatic carbocycles. The maximum absolute atomic E-state index is 6.14. The molecule has 17 heavy (non-hydrogen) atoms. The summed E-state index contributed by atoms with van der Waals surface area (Å²) >= 11 is 12.1. The summed E-state index contributed by atoms with van der Waals surface area (Å²) in [6.45, 7) is 3.78. The Morgan fingerprint density at radius 2 is 1.88 bits per heavy atom. The average Bonchev–Trinajstić information content (AvgIpc) is 2.23. The van der Waals surface area contributed by atoms with E-state index in [1.54, 1.807) is 0 Å². The van der Waals surface area contributed by atoms with Gasteiger partial charge in [-0.15, -0.1) is 0 Å². The lowest BCUT2D eigenvalue weighted by molar-refractivity contribution is 0.960. The molecule has 2 aromatic rings. The first-order valence-electron chi connectivity index (χ1n) is 5.30. The van der Waals surface area contributed by atoms with Crippen molar-refractivity contribution in [1.82, 2.24) is 9.97 Å². The van der Waals surface area contributed by atoms with Crippen molar-refractivity contribution in [3.05, 3.63) is 57.1 Å². The minimum Gasteiger partial charge on any atom is -0.238 e. The van der Waals surface area contributed by atoms with Crippen LogP contribution >= 0.6 is 23.2 Å². The van der Waals surface area contributed by atoms with Gasteiger partial charge in [0.25, 0.3) is 0 Å². The van der Waals surface area contributed by atoms with E-state index in [2.05, 4.69) is 9.97 Å². The highest BCUT2D eigenvalue weighted by Gasteiger charge is 2.09. The smallest absolute Gasteiger partial charge is 0.136 e. The predicted octanol–water partition coefficient (Wildman–Crippen LogP) is 3.99. The topological polar surface area (TPSA) is 25.8 Å². The molecule has 0 atom stereocenters. The molecule has 0 unspecified atom stereocenters. The van der Waals surface area contributed by atoms with Crippen LogP contribution in [0.1, 0.15) is 22.6 Å². The molecule has 1 aromatic heterocycles. The molecule has 0 aliphatic rings. The fourth-order valence-electron chi connectivity index (χ4n) is 1.75. The van der Waals surface area contributed by atoms with Crippen molar-refractivity contribution in [3.63, 3.8) is 0 Å². The van der Waals surface area contributed by atoms with Crippen LogP contribution < -0.4 is 0 Å². The molecule has 88 valence electrons. The third-order valence-corrected chi connectivity index (χ3v) is 3.09. The lowest BCUT2D eigenvalue weighted by atomic mass is 10.1. The molecule has 4 heteroatoms. The summed E-state index contributed by atoms with van der Waals surface area (Å²) in [6.07, 6.45) is 0.700. The fourth-order valence-corrected chi connectivity index (χ4v) is 2.28. The van der Waals surface area contributed by atoms with E-state index in [1.165, 1.54) is 0 Å². The summed E-state index contributed by atoms with van der Waals surface area (Å²) in [4.78, 5) is 8.50. The van der Waals surface area contributed by atoms with Crippen LogP contribution in [-0.2, 0) is 6.42 Å². The van der Waals surface area contributed by atoms with Crippen LogP contribution in [0.15, 0.2) is 24.3 Å². The Morgan fingerprint density at radius 1 is 1.12 bits per heavy atom. The van der Waals surface area contributed by atoms with Crippen molar-refractivity contribution < 1.29 is 0 Å². The second-order valence-corrected chi connectivity index (χ2v) is 4.73. The van der Waals surface area contributed by atoms with Gasteiger partial charge < -0.3 is 0 Å².